The Kier molecular flexibility index (Phi) is 5.89. The molecule has 0 saturated carbocycles. The number of benzene rings is 2. The average Bonchev–Trinajstić information content (AvgIpc) is 3.46. The van der Waals surface area contributed by atoms with Crippen LogP contribution in [0.3, 0.4) is 0 Å². The number of furan rings is 1. The van der Waals surface area contributed by atoms with E-state index in [4.69, 9.17) is 9.15 Å². The molecule has 1 N–H and O–H groups in total. The number of nitrogens with one attached hydrogen (secondary N) is 1. The van der Waals surface area contributed by atoms with E-state index >= 15 is 0 Å². The number of ether oxygens (including phenoxy) is 1. The number of amides is 1. The molecule has 6 nitrogen and oxygen atoms in total. The zero-order chi connectivity index (χ0) is 20.8. The van der Waals surface area contributed by atoms with Gasteiger partial charge in [0.1, 0.15) is 23.9 Å². The highest BCUT2D eigenvalue weighted by Gasteiger charge is 2.11. The summed E-state index contributed by atoms with van der Waals surface area (Å²) in [4.78, 5) is 12.3. The number of hydrogen-bond donors (Lipinski definition) is 1. The third-order valence-corrected chi connectivity index (χ3v) is 4.48. The topological polar surface area (TPSA) is 69.3 Å². The number of aromatic nitrogens is 2. The summed E-state index contributed by atoms with van der Waals surface area (Å²) >= 11 is 0. The Morgan fingerprint density at radius 3 is 2.60 bits per heavy atom. The summed E-state index contributed by atoms with van der Waals surface area (Å²) in [5.74, 6) is 0.655. The van der Waals surface area contributed by atoms with Gasteiger partial charge in [0.05, 0.1) is 5.69 Å². The second kappa shape index (κ2) is 9.09. The Hall–Kier alpha value is -3.87. The minimum absolute atomic E-state index is 0.154. The van der Waals surface area contributed by atoms with Crippen molar-refractivity contribution in [3.63, 3.8) is 0 Å². The van der Waals surface area contributed by atoms with Crippen molar-refractivity contribution in [2.24, 2.45) is 0 Å². The minimum atomic E-state index is -0.326. The van der Waals surface area contributed by atoms with Crippen molar-refractivity contribution in [3.8, 4) is 11.4 Å². The molecule has 1 amide bonds. The lowest BCUT2D eigenvalue weighted by Gasteiger charge is -2.06. The van der Waals surface area contributed by atoms with Gasteiger partial charge >= 0.3 is 0 Å². The van der Waals surface area contributed by atoms with E-state index in [1.807, 2.05) is 36.5 Å². The van der Waals surface area contributed by atoms with Crippen LogP contribution in [0, 0.1) is 5.82 Å². The molecule has 0 aliphatic carbocycles. The van der Waals surface area contributed by atoms with E-state index in [9.17, 15) is 9.18 Å². The first kappa shape index (κ1) is 19.4. The molecule has 2 aromatic heterocycles. The van der Waals surface area contributed by atoms with Crippen molar-refractivity contribution >= 4 is 5.91 Å². The van der Waals surface area contributed by atoms with Crippen LogP contribution in [0.2, 0.25) is 0 Å². The molecule has 7 heteroatoms. The normalized spacial score (nSPS) is 10.7. The van der Waals surface area contributed by atoms with Crippen molar-refractivity contribution in [2.75, 3.05) is 6.54 Å². The van der Waals surface area contributed by atoms with Crippen LogP contribution in [0.5, 0.6) is 5.75 Å². The monoisotopic (exact) mass is 405 g/mol. The highest BCUT2D eigenvalue weighted by Crippen LogP contribution is 2.15. The van der Waals surface area contributed by atoms with Crippen LogP contribution in [0.25, 0.3) is 5.69 Å². The number of hydrogen-bond acceptors (Lipinski definition) is 4. The first-order chi connectivity index (χ1) is 14.7. The summed E-state index contributed by atoms with van der Waals surface area (Å²) in [5, 5.41) is 7.05. The molecule has 30 heavy (non-hydrogen) atoms. The van der Waals surface area contributed by atoms with E-state index in [2.05, 4.69) is 10.4 Å². The molecular formula is C23H20FN3O3. The van der Waals surface area contributed by atoms with E-state index in [0.717, 1.165) is 11.3 Å². The number of halogens is 1. The maximum Gasteiger partial charge on any atom is 0.287 e. The van der Waals surface area contributed by atoms with Gasteiger partial charge in [0.25, 0.3) is 5.91 Å². The van der Waals surface area contributed by atoms with Crippen molar-refractivity contribution < 1.29 is 18.3 Å². The summed E-state index contributed by atoms with van der Waals surface area (Å²) in [6.45, 7) is 0.642. The van der Waals surface area contributed by atoms with Crippen LogP contribution in [-0.4, -0.2) is 22.2 Å². The van der Waals surface area contributed by atoms with Gasteiger partial charge in [0.2, 0.25) is 0 Å². The van der Waals surface area contributed by atoms with Crippen LogP contribution < -0.4 is 10.1 Å². The van der Waals surface area contributed by atoms with Gasteiger partial charge in [0.15, 0.2) is 5.76 Å². The van der Waals surface area contributed by atoms with Crippen LogP contribution in [0.4, 0.5) is 4.39 Å². The van der Waals surface area contributed by atoms with Crippen LogP contribution in [0.1, 0.15) is 21.9 Å². The molecule has 0 fully saturated rings. The smallest absolute Gasteiger partial charge is 0.287 e. The van der Waals surface area contributed by atoms with Gasteiger partial charge in [-0.1, -0.05) is 12.1 Å². The number of carbonyl (C=O) groups is 1. The summed E-state index contributed by atoms with van der Waals surface area (Å²) in [7, 11) is 0. The molecule has 0 unspecified atom stereocenters. The molecule has 0 atom stereocenters. The van der Waals surface area contributed by atoms with E-state index < -0.39 is 0 Å². The Bertz CT molecular complexity index is 1090. The molecule has 0 spiro atoms. The molecule has 0 saturated heterocycles. The summed E-state index contributed by atoms with van der Waals surface area (Å²) in [6, 6.07) is 18.9. The van der Waals surface area contributed by atoms with Crippen molar-refractivity contribution in [2.45, 2.75) is 13.0 Å². The second-order valence-electron chi connectivity index (χ2n) is 6.63. The standard InChI is InChI=1S/C23H20FN3O3/c24-18-4-8-20(9-5-18)29-16-21-10-11-22(30-21)23(28)25-14-12-17-2-6-19(7-3-17)27-15-1-13-26-27/h1-11,13,15H,12,14,16H2,(H,25,28). The summed E-state index contributed by atoms with van der Waals surface area (Å²) < 4.78 is 25.7. The number of rotatable bonds is 8. The van der Waals surface area contributed by atoms with Gasteiger partial charge in [-0.15, -0.1) is 0 Å². The Morgan fingerprint density at radius 2 is 1.87 bits per heavy atom. The Morgan fingerprint density at radius 1 is 1.07 bits per heavy atom. The highest BCUT2D eigenvalue weighted by atomic mass is 19.1. The molecule has 4 aromatic rings. The maximum absolute atomic E-state index is 12.9. The lowest BCUT2D eigenvalue weighted by atomic mass is 10.1. The molecule has 152 valence electrons. The van der Waals surface area contributed by atoms with E-state index in [1.165, 1.54) is 24.3 Å². The average molecular weight is 405 g/mol. The Balaban J connectivity index is 1.24. The molecule has 4 rings (SSSR count). The van der Waals surface area contributed by atoms with E-state index in [0.29, 0.717) is 24.5 Å². The fraction of sp³-hybridized carbons (Fsp3) is 0.130. The van der Waals surface area contributed by atoms with Crippen LogP contribution in [-0.2, 0) is 13.0 Å². The van der Waals surface area contributed by atoms with E-state index in [-0.39, 0.29) is 24.1 Å². The lowest BCUT2D eigenvalue weighted by Crippen LogP contribution is -2.25. The third-order valence-electron chi connectivity index (χ3n) is 4.48. The zero-order valence-electron chi connectivity index (χ0n) is 16.1. The summed E-state index contributed by atoms with van der Waals surface area (Å²) in [5.41, 5.74) is 2.10. The van der Waals surface area contributed by atoms with Gasteiger partial charge in [-0.25, -0.2) is 9.07 Å². The van der Waals surface area contributed by atoms with Crippen LogP contribution in [0.15, 0.2) is 83.5 Å². The fourth-order valence-electron chi connectivity index (χ4n) is 2.91. The lowest BCUT2D eigenvalue weighted by molar-refractivity contribution is 0.0922. The summed E-state index contributed by atoms with van der Waals surface area (Å²) in [6.07, 6.45) is 4.32. The largest absolute Gasteiger partial charge is 0.486 e. The quantitative estimate of drug-likeness (QED) is 0.478. The fourth-order valence-corrected chi connectivity index (χ4v) is 2.91. The maximum atomic E-state index is 12.9. The second-order valence-corrected chi connectivity index (χ2v) is 6.63. The number of carbonyl (C=O) groups excluding carboxylic acids is 1. The molecule has 0 bridgehead atoms. The van der Waals surface area contributed by atoms with Gasteiger partial charge in [-0.3, -0.25) is 4.79 Å². The van der Waals surface area contributed by atoms with Crippen molar-refractivity contribution in [1.29, 1.82) is 0 Å². The molecule has 0 aliphatic heterocycles. The van der Waals surface area contributed by atoms with Gasteiger partial charge < -0.3 is 14.5 Å². The predicted octanol–water partition coefficient (Wildman–Crippen LogP) is 4.16. The SMILES string of the molecule is O=C(NCCc1ccc(-n2cccn2)cc1)c1ccc(COc2ccc(F)cc2)o1. The first-order valence-corrected chi connectivity index (χ1v) is 9.51. The zero-order valence-corrected chi connectivity index (χ0v) is 16.1. The predicted molar refractivity (Wildman–Crippen MR) is 109 cm³/mol. The van der Waals surface area contributed by atoms with Crippen molar-refractivity contribution in [3.05, 3.63) is 102 Å². The van der Waals surface area contributed by atoms with Gasteiger partial charge in [-0.2, -0.15) is 5.10 Å². The molecular weight excluding hydrogens is 385 g/mol. The van der Waals surface area contributed by atoms with Gasteiger partial charge in [-0.05, 0) is 66.6 Å². The van der Waals surface area contributed by atoms with Gasteiger partial charge in [0, 0.05) is 18.9 Å². The molecule has 0 aliphatic rings. The number of nitrogens with zero attached hydrogens (tertiary/aromatic N) is 2. The van der Waals surface area contributed by atoms with Crippen molar-refractivity contribution in [1.82, 2.24) is 15.1 Å². The van der Waals surface area contributed by atoms with E-state index in [1.54, 1.807) is 23.0 Å². The highest BCUT2D eigenvalue weighted by molar-refractivity contribution is 5.91. The molecule has 0 radical (unpaired) electrons. The molecule has 2 aromatic carbocycles. The third kappa shape index (κ3) is 4.94. The Labute approximate surface area is 172 Å². The van der Waals surface area contributed by atoms with Crippen LogP contribution >= 0.6 is 0 Å². The minimum Gasteiger partial charge on any atom is -0.486 e. The first-order valence-electron chi connectivity index (χ1n) is 9.51. The molecule has 2 heterocycles.